The first-order valence-corrected chi connectivity index (χ1v) is 8.33. The lowest BCUT2D eigenvalue weighted by Crippen LogP contribution is -2.13. The van der Waals surface area contributed by atoms with Gasteiger partial charge in [-0.25, -0.2) is 0 Å². The zero-order chi connectivity index (χ0) is 15.7. The third kappa shape index (κ3) is 2.95. The highest BCUT2D eigenvalue weighted by molar-refractivity contribution is 9.11. The maximum Gasteiger partial charge on any atom is 0.261 e. The Hall–Kier alpha value is -1.63. The fraction of sp³-hybridized carbons (Fsp3) is 0.0667. The highest BCUT2D eigenvalue weighted by Crippen LogP contribution is 2.34. The Bertz CT molecular complexity index is 844. The van der Waals surface area contributed by atoms with Gasteiger partial charge < -0.3 is 9.84 Å². The Morgan fingerprint density at radius 2 is 2.09 bits per heavy atom. The van der Waals surface area contributed by atoms with Crippen LogP contribution in [-0.2, 0) is 0 Å². The lowest BCUT2D eigenvalue weighted by molar-refractivity contribution is 0.102. The maximum absolute atomic E-state index is 12.6. The van der Waals surface area contributed by atoms with E-state index < -0.39 is 0 Å². The molecule has 2 aromatic heterocycles. The smallest absolute Gasteiger partial charge is 0.261 e. The van der Waals surface area contributed by atoms with Gasteiger partial charge in [0.05, 0.1) is 19.4 Å². The lowest BCUT2D eigenvalue weighted by atomic mass is 10.1. The molecule has 0 saturated carbocycles. The molecule has 0 aliphatic heterocycles. The van der Waals surface area contributed by atoms with Gasteiger partial charge >= 0.3 is 0 Å². The first-order chi connectivity index (χ1) is 10.6. The van der Waals surface area contributed by atoms with Crippen LogP contribution in [0.2, 0.25) is 5.02 Å². The van der Waals surface area contributed by atoms with Crippen molar-refractivity contribution in [2.75, 3.05) is 5.32 Å². The second-order valence-corrected chi connectivity index (χ2v) is 7.37. The number of benzene rings is 1. The molecular weight excluding hydrogens is 388 g/mol. The summed E-state index contributed by atoms with van der Waals surface area (Å²) in [7, 11) is 0. The van der Waals surface area contributed by atoms with Crippen molar-refractivity contribution >= 4 is 50.5 Å². The molecule has 2 heterocycles. The minimum Gasteiger partial charge on any atom is -0.360 e. The zero-order valence-corrected chi connectivity index (χ0v) is 14.6. The van der Waals surface area contributed by atoms with Gasteiger partial charge in [0.2, 0.25) is 0 Å². The summed E-state index contributed by atoms with van der Waals surface area (Å²) >= 11 is 11.0. The van der Waals surface area contributed by atoms with E-state index in [-0.39, 0.29) is 5.91 Å². The van der Waals surface area contributed by atoms with Gasteiger partial charge in [0.15, 0.2) is 0 Å². The molecule has 1 N–H and O–H groups in total. The number of aromatic nitrogens is 1. The van der Waals surface area contributed by atoms with Crippen LogP contribution in [0.3, 0.4) is 0 Å². The third-order valence-electron chi connectivity index (χ3n) is 3.02. The number of thiophene rings is 1. The van der Waals surface area contributed by atoms with Gasteiger partial charge in [0, 0.05) is 0 Å². The van der Waals surface area contributed by atoms with Crippen LogP contribution in [0.15, 0.2) is 44.7 Å². The van der Waals surface area contributed by atoms with E-state index in [1.807, 2.05) is 12.1 Å². The summed E-state index contributed by atoms with van der Waals surface area (Å²) < 4.78 is 6.15. The van der Waals surface area contributed by atoms with E-state index in [1.165, 1.54) is 11.3 Å². The van der Waals surface area contributed by atoms with Gasteiger partial charge in [0.25, 0.3) is 5.91 Å². The molecule has 0 aliphatic carbocycles. The predicted molar refractivity (Wildman–Crippen MR) is 91.7 cm³/mol. The average molecular weight is 398 g/mol. The number of nitrogens with zero attached hydrogens (tertiary/aromatic N) is 1. The number of rotatable bonds is 3. The summed E-state index contributed by atoms with van der Waals surface area (Å²) in [6.45, 7) is 1.71. The standard InChI is InChI=1S/C15H10BrClN2O2S/c1-8-13(14(19-21-8)11-6-7-12(16)22-11)15(20)18-10-5-3-2-4-9(10)17/h2-7H,1H3,(H,18,20). The van der Waals surface area contributed by atoms with Crippen LogP contribution in [0.1, 0.15) is 16.1 Å². The molecule has 0 spiro atoms. The molecule has 0 radical (unpaired) electrons. The molecule has 3 aromatic rings. The summed E-state index contributed by atoms with van der Waals surface area (Å²) in [6, 6.07) is 10.9. The number of hydrogen-bond donors (Lipinski definition) is 1. The summed E-state index contributed by atoms with van der Waals surface area (Å²) in [5.41, 5.74) is 1.49. The third-order valence-corrected chi connectivity index (χ3v) is 4.98. The van der Waals surface area contributed by atoms with E-state index in [0.717, 1.165) is 8.66 Å². The number of carbonyl (C=O) groups is 1. The fourth-order valence-corrected chi connectivity index (χ4v) is 3.55. The van der Waals surface area contributed by atoms with Crippen molar-refractivity contribution in [3.63, 3.8) is 0 Å². The molecule has 3 rings (SSSR count). The quantitative estimate of drug-likeness (QED) is 0.645. The molecule has 0 aliphatic rings. The van der Waals surface area contributed by atoms with Gasteiger partial charge in [0.1, 0.15) is 17.0 Å². The van der Waals surface area contributed by atoms with Crippen molar-refractivity contribution in [2.45, 2.75) is 6.92 Å². The van der Waals surface area contributed by atoms with Gasteiger partial charge in [-0.2, -0.15) is 0 Å². The number of aryl methyl sites for hydroxylation is 1. The molecule has 22 heavy (non-hydrogen) atoms. The number of carbonyl (C=O) groups excluding carboxylic acids is 1. The summed E-state index contributed by atoms with van der Waals surface area (Å²) in [5.74, 6) is 0.162. The fourth-order valence-electron chi connectivity index (χ4n) is 2.00. The number of para-hydroxylation sites is 1. The Kier molecular flexibility index (Phi) is 4.33. The van der Waals surface area contributed by atoms with Crippen LogP contribution < -0.4 is 5.32 Å². The van der Waals surface area contributed by atoms with E-state index in [4.69, 9.17) is 16.1 Å². The molecule has 0 fully saturated rings. The topological polar surface area (TPSA) is 55.1 Å². The van der Waals surface area contributed by atoms with E-state index in [9.17, 15) is 4.79 Å². The van der Waals surface area contributed by atoms with Crippen molar-refractivity contribution < 1.29 is 9.32 Å². The molecule has 0 saturated heterocycles. The van der Waals surface area contributed by atoms with Gasteiger partial charge in [-0.15, -0.1) is 11.3 Å². The molecular formula is C15H10BrClN2O2S. The minimum atomic E-state index is -0.300. The summed E-state index contributed by atoms with van der Waals surface area (Å²) in [4.78, 5) is 13.4. The number of anilines is 1. The van der Waals surface area contributed by atoms with Crippen molar-refractivity contribution in [2.24, 2.45) is 0 Å². The van der Waals surface area contributed by atoms with Crippen LogP contribution >= 0.6 is 38.9 Å². The molecule has 7 heteroatoms. The summed E-state index contributed by atoms with van der Waals surface area (Å²) in [6.07, 6.45) is 0. The van der Waals surface area contributed by atoms with E-state index >= 15 is 0 Å². The van der Waals surface area contributed by atoms with Gasteiger partial charge in [-0.1, -0.05) is 28.9 Å². The number of halogens is 2. The zero-order valence-electron chi connectivity index (χ0n) is 11.4. The molecule has 4 nitrogen and oxygen atoms in total. The highest BCUT2D eigenvalue weighted by Gasteiger charge is 2.23. The van der Waals surface area contributed by atoms with Crippen LogP contribution in [0, 0.1) is 6.92 Å². The second-order valence-electron chi connectivity index (χ2n) is 4.50. The molecule has 0 bridgehead atoms. The first kappa shape index (κ1) is 15.3. The maximum atomic E-state index is 12.6. The van der Waals surface area contributed by atoms with Crippen molar-refractivity contribution in [1.29, 1.82) is 0 Å². The highest BCUT2D eigenvalue weighted by atomic mass is 79.9. The van der Waals surface area contributed by atoms with Crippen LogP contribution in [-0.4, -0.2) is 11.1 Å². The Morgan fingerprint density at radius 1 is 1.32 bits per heavy atom. The molecule has 1 aromatic carbocycles. The second kappa shape index (κ2) is 6.24. The summed E-state index contributed by atoms with van der Waals surface area (Å²) in [5, 5.41) is 7.27. The lowest BCUT2D eigenvalue weighted by Gasteiger charge is -2.06. The van der Waals surface area contributed by atoms with E-state index in [1.54, 1.807) is 31.2 Å². The largest absolute Gasteiger partial charge is 0.360 e. The molecule has 112 valence electrons. The molecule has 1 amide bonds. The van der Waals surface area contributed by atoms with Crippen molar-refractivity contribution in [3.05, 3.63) is 56.5 Å². The van der Waals surface area contributed by atoms with Crippen LogP contribution in [0.25, 0.3) is 10.6 Å². The number of nitrogens with one attached hydrogen (secondary N) is 1. The SMILES string of the molecule is Cc1onc(-c2ccc(Br)s2)c1C(=O)Nc1ccccc1Cl. The Labute approximate surface area is 144 Å². The van der Waals surface area contributed by atoms with E-state index in [0.29, 0.717) is 27.7 Å². The van der Waals surface area contributed by atoms with Gasteiger partial charge in [-0.05, 0) is 47.1 Å². The normalized spacial score (nSPS) is 10.7. The predicted octanol–water partition coefficient (Wildman–Crippen LogP) is 5.38. The van der Waals surface area contributed by atoms with E-state index in [2.05, 4.69) is 26.4 Å². The average Bonchev–Trinajstić information content (AvgIpc) is 3.07. The van der Waals surface area contributed by atoms with Crippen molar-refractivity contribution in [1.82, 2.24) is 5.16 Å². The van der Waals surface area contributed by atoms with Crippen LogP contribution in [0.5, 0.6) is 0 Å². The Balaban J connectivity index is 1.96. The van der Waals surface area contributed by atoms with Gasteiger partial charge in [-0.3, -0.25) is 4.79 Å². The van der Waals surface area contributed by atoms with Crippen molar-refractivity contribution in [3.8, 4) is 10.6 Å². The molecule has 0 atom stereocenters. The number of amides is 1. The van der Waals surface area contributed by atoms with Crippen LogP contribution in [0.4, 0.5) is 5.69 Å². The minimum absolute atomic E-state index is 0.300. The molecule has 0 unspecified atom stereocenters. The number of hydrogen-bond acceptors (Lipinski definition) is 4. The monoisotopic (exact) mass is 396 g/mol. The Morgan fingerprint density at radius 3 is 2.77 bits per heavy atom. The first-order valence-electron chi connectivity index (χ1n) is 6.34.